The Kier molecular flexibility index (Phi) is 3.84. The fourth-order valence-electron chi connectivity index (χ4n) is 1.80. The van der Waals surface area contributed by atoms with Crippen molar-refractivity contribution in [2.75, 3.05) is 6.61 Å². The van der Waals surface area contributed by atoms with E-state index < -0.39 is 11.6 Å². The Balaban J connectivity index is 2.38. The summed E-state index contributed by atoms with van der Waals surface area (Å²) in [5, 5.41) is 12.9. The van der Waals surface area contributed by atoms with Gasteiger partial charge in [0, 0.05) is 6.61 Å². The Bertz CT molecular complexity index is 606. The third-order valence-corrected chi connectivity index (χ3v) is 3.09. The van der Waals surface area contributed by atoms with Crippen molar-refractivity contribution in [2.24, 2.45) is 0 Å². The van der Waals surface area contributed by atoms with Crippen LogP contribution in [0.3, 0.4) is 0 Å². The van der Waals surface area contributed by atoms with Crippen LogP contribution >= 0.6 is 0 Å². The minimum absolute atomic E-state index is 0.0780. The van der Waals surface area contributed by atoms with Crippen LogP contribution in [0.1, 0.15) is 43.5 Å². The molecule has 0 aliphatic rings. The summed E-state index contributed by atoms with van der Waals surface area (Å²) in [7, 11) is 0. The Hall–Kier alpha value is -2.22. The molecule has 108 valence electrons. The minimum atomic E-state index is -1.16. The molecule has 1 unspecified atom stereocenters. The molecule has 2 N–H and O–H groups in total. The highest BCUT2D eigenvalue weighted by atomic mass is 16.5. The van der Waals surface area contributed by atoms with Crippen molar-refractivity contribution in [3.05, 3.63) is 17.8 Å². The van der Waals surface area contributed by atoms with Gasteiger partial charge in [0.25, 0.3) is 5.89 Å². The smallest absolute Gasteiger partial charge is 0.356 e. The predicted octanol–water partition coefficient (Wildman–Crippen LogP) is 1.82. The second-order valence-electron chi connectivity index (χ2n) is 4.37. The molecule has 0 saturated carbocycles. The lowest BCUT2D eigenvalue weighted by Gasteiger charge is -2.23. The van der Waals surface area contributed by atoms with E-state index >= 15 is 0 Å². The largest absolute Gasteiger partial charge is 0.476 e. The molecule has 2 aromatic rings. The Morgan fingerprint density at radius 2 is 2.30 bits per heavy atom. The van der Waals surface area contributed by atoms with E-state index in [1.54, 1.807) is 0 Å². The molecular formula is C12H16N4O4. The van der Waals surface area contributed by atoms with E-state index in [4.69, 9.17) is 14.4 Å². The van der Waals surface area contributed by atoms with E-state index in [2.05, 4.69) is 20.1 Å². The first kappa shape index (κ1) is 14.2. The zero-order valence-corrected chi connectivity index (χ0v) is 11.5. The second kappa shape index (κ2) is 5.41. The maximum absolute atomic E-state index is 11.0. The van der Waals surface area contributed by atoms with Crippen molar-refractivity contribution < 1.29 is 19.2 Å². The number of imidazole rings is 1. The summed E-state index contributed by atoms with van der Waals surface area (Å²) in [4.78, 5) is 21.6. The zero-order valence-electron chi connectivity index (χ0n) is 11.5. The molecule has 0 aliphatic carbocycles. The molecular weight excluding hydrogens is 264 g/mol. The number of hydrogen-bond donors (Lipinski definition) is 2. The van der Waals surface area contributed by atoms with Crippen LogP contribution in [-0.2, 0) is 10.3 Å². The lowest BCUT2D eigenvalue weighted by atomic mass is 10.0. The van der Waals surface area contributed by atoms with Crippen LogP contribution in [0.5, 0.6) is 0 Å². The number of carboxylic acid groups (broad SMARTS) is 1. The normalized spacial score (nSPS) is 14.2. The number of hydrogen-bond acceptors (Lipinski definition) is 6. The lowest BCUT2D eigenvalue weighted by Crippen LogP contribution is -2.26. The molecule has 0 radical (unpaired) electrons. The average molecular weight is 280 g/mol. The van der Waals surface area contributed by atoms with Crippen LogP contribution in [0.2, 0.25) is 0 Å². The molecule has 8 nitrogen and oxygen atoms in total. The molecule has 0 amide bonds. The van der Waals surface area contributed by atoms with Crippen molar-refractivity contribution in [3.63, 3.8) is 0 Å². The number of ether oxygens (including phenoxy) is 1. The van der Waals surface area contributed by atoms with Crippen LogP contribution in [0.25, 0.3) is 11.6 Å². The fourth-order valence-corrected chi connectivity index (χ4v) is 1.80. The molecule has 0 bridgehead atoms. The molecule has 0 spiro atoms. The third-order valence-electron chi connectivity index (χ3n) is 3.09. The van der Waals surface area contributed by atoms with Gasteiger partial charge in [0.05, 0.1) is 6.33 Å². The third kappa shape index (κ3) is 2.42. The first-order valence-corrected chi connectivity index (χ1v) is 6.27. The van der Waals surface area contributed by atoms with Gasteiger partial charge in [0.1, 0.15) is 11.3 Å². The van der Waals surface area contributed by atoms with E-state index in [9.17, 15) is 4.79 Å². The first-order chi connectivity index (χ1) is 9.51. The molecule has 2 heterocycles. The average Bonchev–Trinajstić information content (AvgIpc) is 3.07. The molecule has 0 saturated heterocycles. The number of carbonyl (C=O) groups is 1. The number of H-pyrrole nitrogens is 1. The van der Waals surface area contributed by atoms with Crippen LogP contribution in [0.15, 0.2) is 10.9 Å². The van der Waals surface area contributed by atoms with Gasteiger partial charge in [0.15, 0.2) is 5.69 Å². The van der Waals surface area contributed by atoms with Crippen molar-refractivity contribution in [1.29, 1.82) is 0 Å². The number of aromatic amines is 1. The highest BCUT2D eigenvalue weighted by Gasteiger charge is 2.32. The maximum Gasteiger partial charge on any atom is 0.356 e. The molecule has 0 aromatic carbocycles. The van der Waals surface area contributed by atoms with Crippen LogP contribution in [-0.4, -0.2) is 37.8 Å². The summed E-state index contributed by atoms with van der Waals surface area (Å²) in [5.41, 5.74) is -0.638. The molecule has 8 heteroatoms. The number of aromatic carboxylic acids is 1. The summed E-state index contributed by atoms with van der Waals surface area (Å²) in [6, 6.07) is 0. The topological polar surface area (TPSA) is 114 Å². The SMILES string of the molecule is CCOC(C)(CC)c1noc(-c2[nH]cnc2C(=O)O)n1. The van der Waals surface area contributed by atoms with E-state index in [-0.39, 0.29) is 17.3 Å². The van der Waals surface area contributed by atoms with Gasteiger partial charge in [-0.1, -0.05) is 12.1 Å². The summed E-state index contributed by atoms with van der Waals surface area (Å²) >= 11 is 0. The van der Waals surface area contributed by atoms with E-state index in [1.165, 1.54) is 6.33 Å². The van der Waals surface area contributed by atoms with E-state index in [1.807, 2.05) is 20.8 Å². The summed E-state index contributed by atoms with van der Waals surface area (Å²) in [6.07, 6.45) is 1.93. The highest BCUT2D eigenvalue weighted by molar-refractivity contribution is 5.91. The van der Waals surface area contributed by atoms with E-state index in [0.717, 1.165) is 0 Å². The van der Waals surface area contributed by atoms with Crippen molar-refractivity contribution in [2.45, 2.75) is 32.8 Å². The van der Waals surface area contributed by atoms with Gasteiger partial charge in [-0.3, -0.25) is 0 Å². The maximum atomic E-state index is 11.0. The Morgan fingerprint density at radius 1 is 1.55 bits per heavy atom. The quantitative estimate of drug-likeness (QED) is 0.829. The summed E-state index contributed by atoms with van der Waals surface area (Å²) in [6.45, 7) is 6.20. The standard InChI is InChI=1S/C12H16N4O4/c1-4-12(3,19-5-2)11-15-9(20-16-11)7-8(10(17)18)14-6-13-7/h6H,4-5H2,1-3H3,(H,13,14)(H,17,18). The van der Waals surface area contributed by atoms with Crippen LogP contribution in [0.4, 0.5) is 0 Å². The van der Waals surface area contributed by atoms with Crippen molar-refractivity contribution >= 4 is 5.97 Å². The highest BCUT2D eigenvalue weighted by Crippen LogP contribution is 2.28. The van der Waals surface area contributed by atoms with Gasteiger partial charge in [-0.15, -0.1) is 0 Å². The van der Waals surface area contributed by atoms with Crippen molar-refractivity contribution in [3.8, 4) is 11.6 Å². The monoisotopic (exact) mass is 280 g/mol. The predicted molar refractivity (Wildman–Crippen MR) is 68.1 cm³/mol. The van der Waals surface area contributed by atoms with Gasteiger partial charge in [-0.2, -0.15) is 4.98 Å². The second-order valence-corrected chi connectivity index (χ2v) is 4.37. The molecule has 1 atom stereocenters. The summed E-state index contributed by atoms with van der Waals surface area (Å²) < 4.78 is 10.8. The molecule has 2 aromatic heterocycles. The number of aromatic nitrogens is 4. The lowest BCUT2D eigenvalue weighted by molar-refractivity contribution is -0.0403. The molecule has 20 heavy (non-hydrogen) atoms. The molecule has 0 fully saturated rings. The summed E-state index contributed by atoms with van der Waals surface area (Å²) in [5.74, 6) is -0.707. The van der Waals surface area contributed by atoms with Gasteiger partial charge >= 0.3 is 5.97 Å². The Morgan fingerprint density at radius 3 is 2.90 bits per heavy atom. The number of carboxylic acids is 1. The van der Waals surface area contributed by atoms with Gasteiger partial charge in [-0.05, 0) is 20.3 Å². The fraction of sp³-hybridized carbons (Fsp3) is 0.500. The number of nitrogens with zero attached hydrogens (tertiary/aromatic N) is 3. The minimum Gasteiger partial charge on any atom is -0.476 e. The van der Waals surface area contributed by atoms with Gasteiger partial charge in [-0.25, -0.2) is 9.78 Å². The molecule has 2 rings (SSSR count). The zero-order chi connectivity index (χ0) is 14.8. The molecule has 0 aliphatic heterocycles. The van der Waals surface area contributed by atoms with Crippen molar-refractivity contribution in [1.82, 2.24) is 20.1 Å². The van der Waals surface area contributed by atoms with Gasteiger partial charge in [0.2, 0.25) is 5.82 Å². The Labute approximate surface area is 115 Å². The van der Waals surface area contributed by atoms with E-state index in [0.29, 0.717) is 18.9 Å². The number of rotatable bonds is 6. The van der Waals surface area contributed by atoms with Gasteiger partial charge < -0.3 is 19.4 Å². The number of nitrogens with one attached hydrogen (secondary N) is 1. The van der Waals surface area contributed by atoms with Crippen LogP contribution < -0.4 is 0 Å². The van der Waals surface area contributed by atoms with Crippen LogP contribution in [0, 0.1) is 0 Å². The first-order valence-electron chi connectivity index (χ1n) is 6.27.